The van der Waals surface area contributed by atoms with E-state index in [2.05, 4.69) is 25.0 Å². The molecule has 1 aromatic carbocycles. The zero-order chi connectivity index (χ0) is 27.4. The largest absolute Gasteiger partial charge is 0.412 e. The third kappa shape index (κ3) is 6.69. The van der Waals surface area contributed by atoms with Gasteiger partial charge in [0.1, 0.15) is 10.8 Å². The molecule has 2 N–H and O–H groups in total. The Balaban J connectivity index is 1.38. The van der Waals surface area contributed by atoms with Crippen molar-refractivity contribution in [3.63, 3.8) is 0 Å². The minimum atomic E-state index is -4.54. The van der Waals surface area contributed by atoms with E-state index in [1.54, 1.807) is 41.0 Å². The highest BCUT2D eigenvalue weighted by molar-refractivity contribution is 7.11. The molecule has 15 heteroatoms. The Morgan fingerprint density at radius 1 is 1.13 bits per heavy atom. The minimum absolute atomic E-state index is 0.130. The van der Waals surface area contributed by atoms with Gasteiger partial charge in [-0.15, -0.1) is 0 Å². The number of hydrogen-bond donors (Lipinski definition) is 2. The van der Waals surface area contributed by atoms with Crippen molar-refractivity contribution in [2.45, 2.75) is 25.6 Å². The summed E-state index contributed by atoms with van der Waals surface area (Å²) in [5, 5.41) is 5.62. The maximum Gasteiger partial charge on any atom is 0.412 e. The number of alkyl halides is 5. The monoisotopic (exact) mass is 557 g/mol. The molecule has 1 saturated heterocycles. The molecular formula is C23H24F5N7O2S. The summed E-state index contributed by atoms with van der Waals surface area (Å²) < 4.78 is 68.3. The van der Waals surface area contributed by atoms with Gasteiger partial charge in [-0.25, -0.2) is 8.78 Å². The number of amides is 2. The van der Waals surface area contributed by atoms with E-state index < -0.39 is 31.1 Å². The molecular weight excluding hydrogens is 533 g/mol. The lowest BCUT2D eigenvalue weighted by Crippen LogP contribution is -2.49. The first-order chi connectivity index (χ1) is 18.0. The second kappa shape index (κ2) is 11.5. The molecule has 38 heavy (non-hydrogen) atoms. The van der Waals surface area contributed by atoms with Crippen LogP contribution in [0.25, 0.3) is 0 Å². The first-order valence-corrected chi connectivity index (χ1v) is 12.4. The number of aliphatic imine (C=N–C) groups is 2. The van der Waals surface area contributed by atoms with Crippen molar-refractivity contribution in [1.82, 2.24) is 14.2 Å². The van der Waals surface area contributed by atoms with Crippen molar-refractivity contribution < 1.29 is 31.5 Å². The highest BCUT2D eigenvalue weighted by Crippen LogP contribution is 2.28. The summed E-state index contributed by atoms with van der Waals surface area (Å²) in [6.07, 6.45) is -5.78. The number of amidine groups is 1. The quantitative estimate of drug-likeness (QED) is 0.529. The first-order valence-electron chi connectivity index (χ1n) is 11.6. The fourth-order valence-electron chi connectivity index (χ4n) is 3.96. The third-order valence-electron chi connectivity index (χ3n) is 5.94. The summed E-state index contributed by atoms with van der Waals surface area (Å²) >= 11 is 0.902. The molecule has 1 unspecified atom stereocenters. The lowest BCUT2D eigenvalue weighted by atomic mass is 10.1. The van der Waals surface area contributed by atoms with Crippen LogP contribution >= 0.6 is 11.5 Å². The van der Waals surface area contributed by atoms with E-state index in [-0.39, 0.29) is 28.9 Å². The number of nitrogens with one attached hydrogen (secondary N) is 2. The van der Waals surface area contributed by atoms with Crippen molar-refractivity contribution in [2.75, 3.05) is 49.9 Å². The number of carbonyl (C=O) groups is 2. The molecule has 0 spiro atoms. The SMILES string of the molecule is Cc1nsc(NC2=NC(C(F)(F)F)CN=C2)c1C(=O)Nc1ccc(C(=O)N2CCN(CC(F)F)CC2)cc1. The normalized spacial score (nSPS) is 18.4. The van der Waals surface area contributed by atoms with Crippen LogP contribution in [0.3, 0.4) is 0 Å². The molecule has 9 nitrogen and oxygen atoms in total. The molecule has 3 heterocycles. The predicted molar refractivity (Wildman–Crippen MR) is 134 cm³/mol. The van der Waals surface area contributed by atoms with E-state index in [9.17, 15) is 31.5 Å². The Morgan fingerprint density at radius 2 is 1.82 bits per heavy atom. The van der Waals surface area contributed by atoms with Gasteiger partial charge in [0.2, 0.25) is 0 Å². The lowest BCUT2D eigenvalue weighted by molar-refractivity contribution is -0.144. The van der Waals surface area contributed by atoms with Crippen molar-refractivity contribution >= 4 is 46.1 Å². The molecule has 2 aliphatic rings. The van der Waals surface area contributed by atoms with E-state index in [1.807, 2.05) is 0 Å². The Bertz CT molecular complexity index is 1220. The molecule has 2 aromatic rings. The summed E-state index contributed by atoms with van der Waals surface area (Å²) in [6, 6.07) is 4.22. The number of aryl methyl sites for hydroxylation is 1. The van der Waals surface area contributed by atoms with Gasteiger partial charge in [0.25, 0.3) is 18.2 Å². The van der Waals surface area contributed by atoms with Crippen LogP contribution in [-0.4, -0.2) is 96.0 Å². The van der Waals surface area contributed by atoms with Gasteiger partial charge in [-0.05, 0) is 42.7 Å². The number of halogens is 5. The number of hydrogen-bond acceptors (Lipinski definition) is 8. The number of anilines is 2. The molecule has 1 fully saturated rings. The fourth-order valence-corrected chi connectivity index (χ4v) is 4.76. The van der Waals surface area contributed by atoms with Crippen LogP contribution in [0.15, 0.2) is 34.3 Å². The molecule has 0 aliphatic carbocycles. The van der Waals surface area contributed by atoms with Crippen molar-refractivity contribution in [3.05, 3.63) is 41.1 Å². The van der Waals surface area contributed by atoms with Crippen LogP contribution in [0.2, 0.25) is 0 Å². The van der Waals surface area contributed by atoms with Gasteiger partial charge < -0.3 is 15.5 Å². The molecule has 0 bridgehead atoms. The van der Waals surface area contributed by atoms with Gasteiger partial charge in [-0.3, -0.25) is 24.5 Å². The number of carbonyl (C=O) groups excluding carboxylic acids is 2. The van der Waals surface area contributed by atoms with E-state index in [4.69, 9.17) is 0 Å². The zero-order valence-corrected chi connectivity index (χ0v) is 21.0. The Hall–Kier alpha value is -3.46. The zero-order valence-electron chi connectivity index (χ0n) is 20.1. The van der Waals surface area contributed by atoms with E-state index in [0.717, 1.165) is 11.5 Å². The molecule has 4 rings (SSSR count). The molecule has 2 aliphatic heterocycles. The Kier molecular flexibility index (Phi) is 8.35. The second-order valence-corrected chi connectivity index (χ2v) is 9.45. The summed E-state index contributed by atoms with van der Waals surface area (Å²) in [5.74, 6) is -0.918. The predicted octanol–water partition coefficient (Wildman–Crippen LogP) is 3.55. The summed E-state index contributed by atoms with van der Waals surface area (Å²) in [4.78, 5) is 36.3. The molecule has 0 radical (unpaired) electrons. The fraction of sp³-hybridized carbons (Fsp3) is 0.435. The van der Waals surface area contributed by atoms with Crippen LogP contribution in [0.4, 0.5) is 32.6 Å². The van der Waals surface area contributed by atoms with Crippen LogP contribution in [0.5, 0.6) is 0 Å². The van der Waals surface area contributed by atoms with E-state index in [0.29, 0.717) is 43.1 Å². The van der Waals surface area contributed by atoms with Gasteiger partial charge in [-0.1, -0.05) is 0 Å². The Morgan fingerprint density at radius 3 is 2.45 bits per heavy atom. The molecule has 2 amide bonds. The highest BCUT2D eigenvalue weighted by atomic mass is 32.1. The maximum atomic E-state index is 13.0. The topological polar surface area (TPSA) is 102 Å². The van der Waals surface area contributed by atoms with E-state index in [1.165, 1.54) is 6.21 Å². The average molecular weight is 558 g/mol. The second-order valence-electron chi connectivity index (χ2n) is 8.68. The average Bonchev–Trinajstić information content (AvgIpc) is 3.23. The number of rotatable bonds is 6. The van der Waals surface area contributed by atoms with Gasteiger partial charge in [0, 0.05) is 37.4 Å². The van der Waals surface area contributed by atoms with Crippen molar-refractivity contribution in [1.29, 1.82) is 0 Å². The summed E-state index contributed by atoms with van der Waals surface area (Å²) in [5.41, 5.74) is 1.28. The molecule has 0 saturated carbocycles. The van der Waals surface area contributed by atoms with Crippen LogP contribution in [-0.2, 0) is 0 Å². The van der Waals surface area contributed by atoms with Crippen LogP contribution in [0, 0.1) is 6.92 Å². The van der Waals surface area contributed by atoms with Crippen molar-refractivity contribution in [2.24, 2.45) is 9.98 Å². The summed E-state index contributed by atoms with van der Waals surface area (Å²) in [7, 11) is 0. The van der Waals surface area contributed by atoms with Gasteiger partial charge in [0.15, 0.2) is 6.04 Å². The maximum absolute atomic E-state index is 13.0. The van der Waals surface area contributed by atoms with E-state index >= 15 is 0 Å². The highest BCUT2D eigenvalue weighted by Gasteiger charge is 2.40. The van der Waals surface area contributed by atoms with Gasteiger partial charge in [0.05, 0.1) is 30.6 Å². The lowest BCUT2D eigenvalue weighted by Gasteiger charge is -2.34. The third-order valence-corrected chi connectivity index (χ3v) is 6.80. The number of benzene rings is 1. The van der Waals surface area contributed by atoms with Crippen molar-refractivity contribution in [3.8, 4) is 0 Å². The van der Waals surface area contributed by atoms with Crippen LogP contribution in [0.1, 0.15) is 26.4 Å². The molecule has 1 aromatic heterocycles. The van der Waals surface area contributed by atoms with Crippen LogP contribution < -0.4 is 10.6 Å². The first kappa shape index (κ1) is 27.6. The van der Waals surface area contributed by atoms with Gasteiger partial charge >= 0.3 is 6.18 Å². The summed E-state index contributed by atoms with van der Waals surface area (Å²) in [6.45, 7) is 2.18. The standard InChI is InChI=1S/C23H24F5N7O2S/c1-13-19(21(38-33-13)32-18-11-29-10-16(31-18)23(26,27)28)20(36)30-15-4-2-14(3-5-15)22(37)35-8-6-34(7-9-35)12-17(24)25/h2-5,11,16-17H,6-10,12H2,1H3,(H,30,36)(H,31,32). The number of nitrogens with zero attached hydrogens (tertiary/aromatic N) is 5. The number of piperazine rings is 1. The number of aromatic nitrogens is 1. The molecule has 204 valence electrons. The molecule has 1 atom stereocenters. The Labute approximate surface area is 218 Å². The van der Waals surface area contributed by atoms with Gasteiger partial charge in [-0.2, -0.15) is 17.5 Å². The minimum Gasteiger partial charge on any atom is -0.336 e. The smallest absolute Gasteiger partial charge is 0.336 e.